The van der Waals surface area contributed by atoms with E-state index >= 15 is 0 Å². The minimum Gasteiger partial charge on any atom is -0.338 e. The summed E-state index contributed by atoms with van der Waals surface area (Å²) in [7, 11) is 1.76. The number of thiophene rings is 1. The Labute approximate surface area is 144 Å². The van der Waals surface area contributed by atoms with Gasteiger partial charge in [-0.2, -0.15) is 0 Å². The Kier molecular flexibility index (Phi) is 4.68. The predicted molar refractivity (Wildman–Crippen MR) is 92.6 cm³/mol. The summed E-state index contributed by atoms with van der Waals surface area (Å²) in [6.07, 6.45) is 0.922. The molecular formula is C17H17ClN2O2S. The van der Waals surface area contributed by atoms with Crippen molar-refractivity contribution in [1.82, 2.24) is 4.90 Å². The Balaban J connectivity index is 1.87. The highest BCUT2D eigenvalue weighted by molar-refractivity contribution is 7.15. The van der Waals surface area contributed by atoms with E-state index in [1.807, 2.05) is 35.7 Å². The van der Waals surface area contributed by atoms with Gasteiger partial charge in [-0.15, -0.1) is 11.3 Å². The molecule has 2 unspecified atom stereocenters. The van der Waals surface area contributed by atoms with Gasteiger partial charge in [-0.05, 0) is 23.4 Å². The SMILES string of the molecule is CN1C(=O)CCC(C(=O)Nc2ccsc2Cl)C1c1ccccc1. The van der Waals surface area contributed by atoms with Crippen molar-refractivity contribution < 1.29 is 9.59 Å². The lowest BCUT2D eigenvalue weighted by molar-refractivity contribution is -0.140. The topological polar surface area (TPSA) is 49.4 Å². The van der Waals surface area contributed by atoms with Crippen molar-refractivity contribution in [3.8, 4) is 0 Å². The molecule has 4 nitrogen and oxygen atoms in total. The van der Waals surface area contributed by atoms with Crippen LogP contribution in [0.15, 0.2) is 41.8 Å². The Bertz CT molecular complexity index is 716. The first-order valence-electron chi connectivity index (χ1n) is 7.42. The molecule has 0 saturated carbocycles. The molecule has 6 heteroatoms. The maximum absolute atomic E-state index is 12.8. The highest BCUT2D eigenvalue weighted by Gasteiger charge is 2.38. The minimum atomic E-state index is -0.295. The number of hydrogen-bond donors (Lipinski definition) is 1. The van der Waals surface area contributed by atoms with Gasteiger partial charge in [-0.1, -0.05) is 41.9 Å². The van der Waals surface area contributed by atoms with Crippen LogP contribution in [0.3, 0.4) is 0 Å². The number of carbonyl (C=O) groups excluding carboxylic acids is 2. The molecule has 1 aliphatic heterocycles. The second kappa shape index (κ2) is 6.72. The van der Waals surface area contributed by atoms with Crippen LogP contribution in [0.5, 0.6) is 0 Å². The lowest BCUT2D eigenvalue weighted by atomic mass is 9.84. The van der Waals surface area contributed by atoms with Crippen LogP contribution in [-0.4, -0.2) is 23.8 Å². The van der Waals surface area contributed by atoms with Crippen molar-refractivity contribution in [2.45, 2.75) is 18.9 Å². The average molecular weight is 349 g/mol. The van der Waals surface area contributed by atoms with E-state index in [4.69, 9.17) is 11.6 Å². The van der Waals surface area contributed by atoms with Gasteiger partial charge in [0.25, 0.3) is 0 Å². The van der Waals surface area contributed by atoms with Gasteiger partial charge in [0.1, 0.15) is 4.34 Å². The molecule has 1 fully saturated rings. The predicted octanol–water partition coefficient (Wildman–Crippen LogP) is 3.95. The van der Waals surface area contributed by atoms with Gasteiger partial charge in [0.2, 0.25) is 11.8 Å². The van der Waals surface area contributed by atoms with Gasteiger partial charge in [-0.3, -0.25) is 9.59 Å². The van der Waals surface area contributed by atoms with E-state index in [0.717, 1.165) is 5.56 Å². The van der Waals surface area contributed by atoms with Crippen LogP contribution in [0, 0.1) is 5.92 Å². The van der Waals surface area contributed by atoms with Crippen LogP contribution in [0.1, 0.15) is 24.4 Å². The maximum Gasteiger partial charge on any atom is 0.229 e. The number of rotatable bonds is 3. The fraction of sp³-hybridized carbons (Fsp3) is 0.294. The number of benzene rings is 1. The van der Waals surface area contributed by atoms with Gasteiger partial charge in [0.05, 0.1) is 17.6 Å². The fourth-order valence-electron chi connectivity index (χ4n) is 3.03. The van der Waals surface area contributed by atoms with Gasteiger partial charge in [-0.25, -0.2) is 0 Å². The Morgan fingerprint density at radius 3 is 2.70 bits per heavy atom. The van der Waals surface area contributed by atoms with E-state index in [0.29, 0.717) is 22.9 Å². The third-order valence-corrected chi connectivity index (χ3v) is 5.38. The molecule has 23 heavy (non-hydrogen) atoms. The molecule has 2 amide bonds. The Morgan fingerprint density at radius 1 is 1.30 bits per heavy atom. The van der Waals surface area contributed by atoms with Crippen molar-refractivity contribution in [2.75, 3.05) is 12.4 Å². The molecule has 3 rings (SSSR count). The van der Waals surface area contributed by atoms with E-state index in [1.165, 1.54) is 11.3 Å². The molecule has 120 valence electrons. The molecule has 1 aromatic carbocycles. The molecule has 0 spiro atoms. The lowest BCUT2D eigenvalue weighted by Crippen LogP contribution is -2.44. The van der Waals surface area contributed by atoms with Gasteiger partial charge in [0, 0.05) is 13.5 Å². The average Bonchev–Trinajstić information content (AvgIpc) is 2.95. The first kappa shape index (κ1) is 16.0. The Morgan fingerprint density at radius 2 is 2.04 bits per heavy atom. The van der Waals surface area contributed by atoms with Gasteiger partial charge in [0.15, 0.2) is 0 Å². The first-order chi connectivity index (χ1) is 11.1. The summed E-state index contributed by atoms with van der Waals surface area (Å²) in [6.45, 7) is 0. The van der Waals surface area contributed by atoms with E-state index in [2.05, 4.69) is 5.32 Å². The summed E-state index contributed by atoms with van der Waals surface area (Å²) < 4.78 is 0.565. The van der Waals surface area contributed by atoms with Crippen LogP contribution in [0.25, 0.3) is 0 Å². The van der Waals surface area contributed by atoms with Crippen LogP contribution < -0.4 is 5.32 Å². The number of hydrogen-bond acceptors (Lipinski definition) is 3. The normalized spacial score (nSPS) is 21.3. The van der Waals surface area contributed by atoms with Gasteiger partial charge < -0.3 is 10.2 Å². The number of anilines is 1. The van der Waals surface area contributed by atoms with Gasteiger partial charge >= 0.3 is 0 Å². The quantitative estimate of drug-likeness (QED) is 0.913. The zero-order valence-electron chi connectivity index (χ0n) is 12.7. The molecule has 2 heterocycles. The molecule has 0 radical (unpaired) electrons. The second-order valence-electron chi connectivity index (χ2n) is 5.60. The maximum atomic E-state index is 12.8. The second-order valence-corrected chi connectivity index (χ2v) is 7.12. The highest BCUT2D eigenvalue weighted by Crippen LogP contribution is 2.37. The first-order valence-corrected chi connectivity index (χ1v) is 8.68. The van der Waals surface area contributed by atoms with E-state index in [-0.39, 0.29) is 23.8 Å². The molecule has 2 atom stereocenters. The zero-order valence-corrected chi connectivity index (χ0v) is 14.2. The fourth-order valence-corrected chi connectivity index (χ4v) is 3.86. The van der Waals surface area contributed by atoms with E-state index < -0.39 is 0 Å². The van der Waals surface area contributed by atoms with Crippen LogP contribution in [0.4, 0.5) is 5.69 Å². The summed E-state index contributed by atoms with van der Waals surface area (Å²) in [5, 5.41) is 4.73. The number of likely N-dealkylation sites (tertiary alicyclic amines) is 1. The number of nitrogens with one attached hydrogen (secondary N) is 1. The molecule has 0 bridgehead atoms. The standard InChI is InChI=1S/C17H17ClN2O2S/c1-20-14(21)8-7-12(15(20)11-5-3-2-4-6-11)17(22)19-13-9-10-23-16(13)18/h2-6,9-10,12,15H,7-8H2,1H3,(H,19,22). The third-order valence-electron chi connectivity index (χ3n) is 4.21. The van der Waals surface area contributed by atoms with Crippen LogP contribution in [0.2, 0.25) is 4.34 Å². The van der Waals surface area contributed by atoms with Crippen molar-refractivity contribution in [2.24, 2.45) is 5.92 Å². The minimum absolute atomic E-state index is 0.0662. The number of halogens is 1. The molecule has 1 N–H and O–H groups in total. The molecule has 1 saturated heterocycles. The molecular weight excluding hydrogens is 332 g/mol. The van der Waals surface area contributed by atoms with E-state index in [1.54, 1.807) is 18.0 Å². The highest BCUT2D eigenvalue weighted by atomic mass is 35.5. The summed E-state index contributed by atoms with van der Waals surface area (Å²) in [5.74, 6) is -0.328. The summed E-state index contributed by atoms with van der Waals surface area (Å²) in [5.41, 5.74) is 1.60. The molecule has 1 aliphatic rings. The van der Waals surface area contributed by atoms with Crippen molar-refractivity contribution in [1.29, 1.82) is 0 Å². The zero-order chi connectivity index (χ0) is 16.4. The lowest BCUT2D eigenvalue weighted by Gasteiger charge is -2.38. The van der Waals surface area contributed by atoms with E-state index in [9.17, 15) is 9.59 Å². The third kappa shape index (κ3) is 3.26. The molecule has 1 aromatic heterocycles. The van der Waals surface area contributed by atoms with Crippen LogP contribution in [-0.2, 0) is 9.59 Å². The Hall–Kier alpha value is -1.85. The van der Waals surface area contributed by atoms with Crippen molar-refractivity contribution >= 4 is 40.4 Å². The van der Waals surface area contributed by atoms with Crippen molar-refractivity contribution in [3.05, 3.63) is 51.7 Å². The number of piperidine rings is 1. The molecule has 2 aromatic rings. The monoisotopic (exact) mass is 348 g/mol. The largest absolute Gasteiger partial charge is 0.338 e. The number of carbonyl (C=O) groups is 2. The smallest absolute Gasteiger partial charge is 0.229 e. The molecule has 0 aliphatic carbocycles. The summed E-state index contributed by atoms with van der Waals surface area (Å²) >= 11 is 7.44. The van der Waals surface area contributed by atoms with Crippen LogP contribution >= 0.6 is 22.9 Å². The number of amides is 2. The summed E-state index contributed by atoms with van der Waals surface area (Å²) in [6, 6.07) is 11.2. The number of nitrogens with zero attached hydrogens (tertiary/aromatic N) is 1. The summed E-state index contributed by atoms with van der Waals surface area (Å²) in [4.78, 5) is 26.5. The van der Waals surface area contributed by atoms with Crippen molar-refractivity contribution in [3.63, 3.8) is 0 Å².